The molecule has 1 atom stereocenters. The number of H-pyrrole nitrogens is 1. The van der Waals surface area contributed by atoms with Crippen LogP contribution in [0.2, 0.25) is 0 Å². The Morgan fingerprint density at radius 3 is 2.33 bits per heavy atom. The van der Waals surface area contributed by atoms with E-state index in [-0.39, 0.29) is 11.5 Å². The van der Waals surface area contributed by atoms with Gasteiger partial charge in [0.25, 0.3) is 0 Å². The fourth-order valence-electron chi connectivity index (χ4n) is 1.17. The summed E-state index contributed by atoms with van der Waals surface area (Å²) < 4.78 is 0. The van der Waals surface area contributed by atoms with Gasteiger partial charge in [-0.05, 0) is 5.41 Å². The van der Waals surface area contributed by atoms with Crippen LogP contribution in [0.15, 0.2) is 0 Å². The van der Waals surface area contributed by atoms with Crippen molar-refractivity contribution in [3.05, 3.63) is 11.6 Å². The highest BCUT2D eigenvalue weighted by molar-refractivity contribution is 4.98. The number of nitrogens with zero attached hydrogens (tertiary/aromatic N) is 2. The first-order valence-electron chi connectivity index (χ1n) is 5.47. The van der Waals surface area contributed by atoms with Crippen LogP contribution in [0.4, 0.5) is 0 Å². The van der Waals surface area contributed by atoms with E-state index in [1.807, 2.05) is 0 Å². The summed E-state index contributed by atoms with van der Waals surface area (Å²) in [5.41, 5.74) is 6.18. The van der Waals surface area contributed by atoms with E-state index < -0.39 is 0 Å². The first kappa shape index (κ1) is 12.2. The number of hydrogen-bond acceptors (Lipinski definition) is 3. The van der Waals surface area contributed by atoms with Gasteiger partial charge in [0.1, 0.15) is 5.82 Å². The van der Waals surface area contributed by atoms with Crippen molar-refractivity contribution in [2.75, 3.05) is 0 Å². The van der Waals surface area contributed by atoms with Gasteiger partial charge < -0.3 is 5.73 Å². The number of aromatic amines is 1. The largest absolute Gasteiger partial charge is 0.327 e. The van der Waals surface area contributed by atoms with Gasteiger partial charge in [-0.25, -0.2) is 4.98 Å². The molecule has 0 saturated carbocycles. The van der Waals surface area contributed by atoms with Crippen LogP contribution in [0.3, 0.4) is 0 Å². The molecule has 0 fully saturated rings. The van der Waals surface area contributed by atoms with Gasteiger partial charge in [-0.1, -0.05) is 34.6 Å². The summed E-state index contributed by atoms with van der Waals surface area (Å²) in [5, 5.41) is 7.11. The quantitative estimate of drug-likeness (QED) is 0.800. The van der Waals surface area contributed by atoms with Crippen molar-refractivity contribution < 1.29 is 0 Å². The Bertz CT molecular complexity index is 309. The Hall–Kier alpha value is -0.900. The second-order valence-electron chi connectivity index (χ2n) is 5.47. The fraction of sp³-hybridized carbons (Fsp3) is 0.818. The zero-order valence-corrected chi connectivity index (χ0v) is 10.3. The van der Waals surface area contributed by atoms with E-state index in [2.05, 4.69) is 49.8 Å². The number of nitrogens with one attached hydrogen (secondary N) is 1. The molecule has 3 N–H and O–H groups in total. The number of hydrogen-bond donors (Lipinski definition) is 2. The third kappa shape index (κ3) is 3.30. The SMILES string of the molecule is CC(C)c1n[nH]c(CC(N)C(C)(C)C)n1. The van der Waals surface area contributed by atoms with E-state index in [1.165, 1.54) is 0 Å². The van der Waals surface area contributed by atoms with Crippen LogP contribution in [0, 0.1) is 5.41 Å². The highest BCUT2D eigenvalue weighted by atomic mass is 15.2. The van der Waals surface area contributed by atoms with E-state index in [1.54, 1.807) is 0 Å². The molecule has 1 unspecified atom stereocenters. The van der Waals surface area contributed by atoms with E-state index in [4.69, 9.17) is 5.73 Å². The maximum Gasteiger partial charge on any atom is 0.153 e. The molecule has 0 aliphatic carbocycles. The number of rotatable bonds is 3. The molecular weight excluding hydrogens is 188 g/mol. The van der Waals surface area contributed by atoms with Gasteiger partial charge in [0, 0.05) is 18.4 Å². The minimum absolute atomic E-state index is 0.102. The van der Waals surface area contributed by atoms with Crippen molar-refractivity contribution in [2.45, 2.75) is 53.0 Å². The maximum atomic E-state index is 6.08. The van der Waals surface area contributed by atoms with Gasteiger partial charge in [-0.15, -0.1) is 0 Å². The molecule has 1 aromatic rings. The normalized spacial score (nSPS) is 14.6. The van der Waals surface area contributed by atoms with Crippen molar-refractivity contribution in [2.24, 2.45) is 11.1 Å². The van der Waals surface area contributed by atoms with Gasteiger partial charge >= 0.3 is 0 Å². The zero-order valence-electron chi connectivity index (χ0n) is 10.3. The molecule has 0 aliphatic heterocycles. The van der Waals surface area contributed by atoms with Crippen molar-refractivity contribution in [1.29, 1.82) is 0 Å². The summed E-state index contributed by atoms with van der Waals surface area (Å²) in [7, 11) is 0. The average Bonchev–Trinajstić information content (AvgIpc) is 2.50. The number of nitrogens with two attached hydrogens (primary N) is 1. The van der Waals surface area contributed by atoms with Gasteiger partial charge in [0.05, 0.1) is 0 Å². The summed E-state index contributed by atoms with van der Waals surface area (Å²) in [4.78, 5) is 4.42. The summed E-state index contributed by atoms with van der Waals surface area (Å²) in [6, 6.07) is 0.102. The molecule has 0 radical (unpaired) electrons. The van der Waals surface area contributed by atoms with E-state index >= 15 is 0 Å². The van der Waals surface area contributed by atoms with Crippen molar-refractivity contribution in [3.63, 3.8) is 0 Å². The molecule has 0 aliphatic rings. The third-order valence-electron chi connectivity index (χ3n) is 2.59. The molecule has 4 heteroatoms. The molecule has 1 aromatic heterocycles. The van der Waals surface area contributed by atoms with Crippen LogP contribution >= 0.6 is 0 Å². The van der Waals surface area contributed by atoms with Crippen LogP contribution in [0.1, 0.15) is 52.2 Å². The Balaban J connectivity index is 2.65. The molecule has 1 rings (SSSR count). The van der Waals surface area contributed by atoms with E-state index in [0.29, 0.717) is 5.92 Å². The summed E-state index contributed by atoms with van der Waals surface area (Å²) in [5.74, 6) is 2.12. The molecule has 0 spiro atoms. The molecule has 1 heterocycles. The fourth-order valence-corrected chi connectivity index (χ4v) is 1.17. The lowest BCUT2D eigenvalue weighted by molar-refractivity contribution is 0.315. The minimum Gasteiger partial charge on any atom is -0.327 e. The molecule has 15 heavy (non-hydrogen) atoms. The molecular formula is C11H22N4. The standard InChI is InChI=1S/C11H22N4/c1-7(2)10-13-9(14-15-10)6-8(12)11(3,4)5/h7-8H,6,12H2,1-5H3,(H,13,14,15). The van der Waals surface area contributed by atoms with Gasteiger partial charge in [0.15, 0.2) is 5.82 Å². The minimum atomic E-state index is 0.102. The molecule has 86 valence electrons. The molecule has 0 amide bonds. The van der Waals surface area contributed by atoms with Crippen molar-refractivity contribution >= 4 is 0 Å². The highest BCUT2D eigenvalue weighted by Gasteiger charge is 2.22. The van der Waals surface area contributed by atoms with Crippen LogP contribution in [-0.2, 0) is 6.42 Å². The molecule has 0 saturated heterocycles. The van der Waals surface area contributed by atoms with Crippen LogP contribution in [-0.4, -0.2) is 21.2 Å². The van der Waals surface area contributed by atoms with E-state index in [0.717, 1.165) is 18.1 Å². The Kier molecular flexibility index (Phi) is 3.50. The highest BCUT2D eigenvalue weighted by Crippen LogP contribution is 2.20. The summed E-state index contributed by atoms with van der Waals surface area (Å²) in [6.07, 6.45) is 0.753. The molecule has 0 bridgehead atoms. The topological polar surface area (TPSA) is 67.6 Å². The van der Waals surface area contributed by atoms with Crippen molar-refractivity contribution in [3.8, 4) is 0 Å². The van der Waals surface area contributed by atoms with Crippen LogP contribution in [0.5, 0.6) is 0 Å². The maximum absolute atomic E-state index is 6.08. The Morgan fingerprint density at radius 1 is 1.33 bits per heavy atom. The predicted octanol–water partition coefficient (Wildman–Crippen LogP) is 1.84. The third-order valence-corrected chi connectivity index (χ3v) is 2.59. The van der Waals surface area contributed by atoms with Gasteiger partial charge in [-0.2, -0.15) is 5.10 Å². The second-order valence-corrected chi connectivity index (χ2v) is 5.47. The van der Waals surface area contributed by atoms with Gasteiger partial charge in [0.2, 0.25) is 0 Å². The lowest BCUT2D eigenvalue weighted by Crippen LogP contribution is -2.37. The molecule has 4 nitrogen and oxygen atoms in total. The zero-order chi connectivity index (χ0) is 11.6. The van der Waals surface area contributed by atoms with E-state index in [9.17, 15) is 0 Å². The first-order valence-corrected chi connectivity index (χ1v) is 5.47. The average molecular weight is 210 g/mol. The monoisotopic (exact) mass is 210 g/mol. The smallest absolute Gasteiger partial charge is 0.153 e. The predicted molar refractivity (Wildman–Crippen MR) is 61.6 cm³/mol. The lowest BCUT2D eigenvalue weighted by atomic mass is 9.85. The summed E-state index contributed by atoms with van der Waals surface area (Å²) >= 11 is 0. The first-order chi connectivity index (χ1) is 6.80. The van der Waals surface area contributed by atoms with Crippen LogP contribution in [0.25, 0.3) is 0 Å². The second kappa shape index (κ2) is 4.31. The van der Waals surface area contributed by atoms with Gasteiger partial charge in [-0.3, -0.25) is 5.10 Å². The van der Waals surface area contributed by atoms with Crippen molar-refractivity contribution in [1.82, 2.24) is 15.2 Å². The lowest BCUT2D eigenvalue weighted by Gasteiger charge is -2.25. The molecule has 0 aromatic carbocycles. The summed E-state index contributed by atoms with van der Waals surface area (Å²) in [6.45, 7) is 10.6. The Morgan fingerprint density at radius 2 is 1.93 bits per heavy atom. The number of aromatic nitrogens is 3. The van der Waals surface area contributed by atoms with Crippen LogP contribution < -0.4 is 5.73 Å². The Labute approximate surface area is 91.7 Å².